The van der Waals surface area contributed by atoms with Crippen LogP contribution < -0.4 is 16.0 Å². The van der Waals surface area contributed by atoms with Crippen LogP contribution in [0.15, 0.2) is 4.99 Å². The van der Waals surface area contributed by atoms with Gasteiger partial charge in [0, 0.05) is 31.7 Å². The van der Waals surface area contributed by atoms with Gasteiger partial charge < -0.3 is 16.0 Å². The summed E-state index contributed by atoms with van der Waals surface area (Å²) in [4.78, 5) is 4.28. The zero-order valence-corrected chi connectivity index (χ0v) is 12.5. The normalized spacial score (nSPS) is 18.8. The molecule has 0 heterocycles. The van der Waals surface area contributed by atoms with Gasteiger partial charge in [0.15, 0.2) is 5.96 Å². The molecule has 0 bridgehead atoms. The first-order chi connectivity index (χ1) is 8.51. The van der Waals surface area contributed by atoms with E-state index in [1.165, 1.54) is 32.1 Å². The Morgan fingerprint density at radius 3 is 2.33 bits per heavy atom. The number of nitrogens with one attached hydrogen (secondary N) is 3. The lowest BCUT2D eigenvalue weighted by Gasteiger charge is -2.25. The van der Waals surface area contributed by atoms with Crippen LogP contribution >= 0.6 is 0 Å². The Morgan fingerprint density at radius 1 is 1.11 bits per heavy atom. The van der Waals surface area contributed by atoms with Gasteiger partial charge in [-0.25, -0.2) is 0 Å². The molecular formula is C14H30N4. The maximum absolute atomic E-state index is 4.28. The lowest BCUT2D eigenvalue weighted by Crippen LogP contribution is -2.47. The van der Waals surface area contributed by atoms with Gasteiger partial charge in [-0.15, -0.1) is 0 Å². The summed E-state index contributed by atoms with van der Waals surface area (Å²) < 4.78 is 0. The molecule has 3 N–H and O–H groups in total. The van der Waals surface area contributed by atoms with Crippen molar-refractivity contribution in [3.8, 4) is 0 Å². The molecule has 0 aromatic heterocycles. The minimum atomic E-state index is 0.183. The monoisotopic (exact) mass is 254 g/mol. The van der Waals surface area contributed by atoms with Crippen LogP contribution in [0.1, 0.15) is 52.9 Å². The Morgan fingerprint density at radius 2 is 1.78 bits per heavy atom. The molecule has 0 aromatic carbocycles. The molecule has 106 valence electrons. The SMILES string of the molecule is CN=C(NCCNC(C)(C)C)NC1CCCCC1. The van der Waals surface area contributed by atoms with Crippen LogP contribution in [0, 0.1) is 0 Å². The van der Waals surface area contributed by atoms with Gasteiger partial charge in [-0.05, 0) is 33.6 Å². The van der Waals surface area contributed by atoms with Gasteiger partial charge in [-0.1, -0.05) is 19.3 Å². The van der Waals surface area contributed by atoms with Crippen LogP contribution in [0.4, 0.5) is 0 Å². The predicted molar refractivity (Wildman–Crippen MR) is 79.1 cm³/mol. The van der Waals surface area contributed by atoms with Crippen LogP contribution in [0.25, 0.3) is 0 Å². The van der Waals surface area contributed by atoms with Gasteiger partial charge in [0.05, 0.1) is 0 Å². The van der Waals surface area contributed by atoms with Crippen molar-refractivity contribution in [2.75, 3.05) is 20.1 Å². The van der Waals surface area contributed by atoms with Gasteiger partial charge in [0.1, 0.15) is 0 Å². The molecule has 1 aliphatic carbocycles. The average Bonchev–Trinajstić information content (AvgIpc) is 2.33. The first kappa shape index (κ1) is 15.3. The molecule has 0 amide bonds. The van der Waals surface area contributed by atoms with Gasteiger partial charge in [-0.2, -0.15) is 0 Å². The van der Waals surface area contributed by atoms with Crippen LogP contribution in [0.2, 0.25) is 0 Å². The van der Waals surface area contributed by atoms with Gasteiger partial charge in [-0.3, -0.25) is 4.99 Å². The summed E-state index contributed by atoms with van der Waals surface area (Å²) >= 11 is 0. The summed E-state index contributed by atoms with van der Waals surface area (Å²) in [5.74, 6) is 0.942. The molecule has 18 heavy (non-hydrogen) atoms. The summed E-state index contributed by atoms with van der Waals surface area (Å²) in [5, 5.41) is 10.3. The lowest BCUT2D eigenvalue weighted by molar-refractivity contribution is 0.407. The van der Waals surface area contributed by atoms with E-state index in [2.05, 4.69) is 41.7 Å². The van der Waals surface area contributed by atoms with Crippen molar-refractivity contribution < 1.29 is 0 Å². The molecule has 1 saturated carbocycles. The maximum Gasteiger partial charge on any atom is 0.191 e. The molecule has 0 unspecified atom stereocenters. The van der Waals surface area contributed by atoms with E-state index in [0.29, 0.717) is 6.04 Å². The highest BCUT2D eigenvalue weighted by molar-refractivity contribution is 5.79. The summed E-state index contributed by atoms with van der Waals surface area (Å²) in [5.41, 5.74) is 0.183. The van der Waals surface area contributed by atoms with E-state index in [0.717, 1.165) is 19.0 Å². The molecule has 0 aromatic rings. The Bertz CT molecular complexity index is 249. The number of guanidine groups is 1. The van der Waals surface area contributed by atoms with Crippen molar-refractivity contribution >= 4 is 5.96 Å². The number of rotatable bonds is 4. The number of hydrogen-bond donors (Lipinski definition) is 3. The van der Waals surface area contributed by atoms with Crippen LogP contribution in [-0.4, -0.2) is 37.7 Å². The topological polar surface area (TPSA) is 48.5 Å². The molecule has 4 heteroatoms. The lowest BCUT2D eigenvalue weighted by atomic mass is 9.96. The Hall–Kier alpha value is -0.770. The van der Waals surface area contributed by atoms with E-state index >= 15 is 0 Å². The van der Waals surface area contributed by atoms with E-state index in [1.807, 2.05) is 7.05 Å². The maximum atomic E-state index is 4.28. The smallest absolute Gasteiger partial charge is 0.191 e. The van der Waals surface area contributed by atoms with Crippen molar-refractivity contribution in [2.45, 2.75) is 64.5 Å². The van der Waals surface area contributed by atoms with E-state index in [-0.39, 0.29) is 5.54 Å². The zero-order valence-electron chi connectivity index (χ0n) is 12.5. The highest BCUT2D eigenvalue weighted by Crippen LogP contribution is 2.17. The molecule has 0 aliphatic heterocycles. The van der Waals surface area contributed by atoms with Crippen LogP contribution in [0.3, 0.4) is 0 Å². The van der Waals surface area contributed by atoms with Crippen molar-refractivity contribution in [1.82, 2.24) is 16.0 Å². The molecule has 1 fully saturated rings. The largest absolute Gasteiger partial charge is 0.355 e. The minimum Gasteiger partial charge on any atom is -0.355 e. The van der Waals surface area contributed by atoms with Crippen molar-refractivity contribution in [3.05, 3.63) is 0 Å². The molecular weight excluding hydrogens is 224 g/mol. The number of nitrogens with zero attached hydrogens (tertiary/aromatic N) is 1. The highest BCUT2D eigenvalue weighted by atomic mass is 15.2. The third-order valence-corrected chi connectivity index (χ3v) is 3.24. The first-order valence-corrected chi connectivity index (χ1v) is 7.23. The van der Waals surface area contributed by atoms with E-state index in [1.54, 1.807) is 0 Å². The van der Waals surface area contributed by atoms with Crippen LogP contribution in [0.5, 0.6) is 0 Å². The fraction of sp³-hybridized carbons (Fsp3) is 0.929. The third kappa shape index (κ3) is 6.84. The van der Waals surface area contributed by atoms with Gasteiger partial charge in [0.25, 0.3) is 0 Å². The number of hydrogen-bond acceptors (Lipinski definition) is 2. The van der Waals surface area contributed by atoms with Gasteiger partial charge >= 0.3 is 0 Å². The molecule has 0 saturated heterocycles. The zero-order chi connectivity index (χ0) is 13.4. The Kier molecular flexibility index (Phi) is 6.47. The third-order valence-electron chi connectivity index (χ3n) is 3.24. The summed E-state index contributed by atoms with van der Waals surface area (Å²) in [6.45, 7) is 8.41. The second-order valence-electron chi connectivity index (χ2n) is 6.16. The second kappa shape index (κ2) is 7.62. The van der Waals surface area contributed by atoms with E-state index in [4.69, 9.17) is 0 Å². The highest BCUT2D eigenvalue weighted by Gasteiger charge is 2.14. The van der Waals surface area contributed by atoms with E-state index < -0.39 is 0 Å². The first-order valence-electron chi connectivity index (χ1n) is 7.23. The molecule has 0 atom stereocenters. The number of aliphatic imine (C=N–C) groups is 1. The van der Waals surface area contributed by atoms with Crippen LogP contribution in [-0.2, 0) is 0 Å². The standard InChI is InChI=1S/C14H30N4/c1-14(2,3)17-11-10-16-13(15-4)18-12-8-6-5-7-9-12/h12,17H,5-11H2,1-4H3,(H2,15,16,18). The van der Waals surface area contributed by atoms with Crippen molar-refractivity contribution in [2.24, 2.45) is 4.99 Å². The fourth-order valence-corrected chi connectivity index (χ4v) is 2.25. The van der Waals surface area contributed by atoms with Crippen molar-refractivity contribution in [3.63, 3.8) is 0 Å². The fourth-order valence-electron chi connectivity index (χ4n) is 2.25. The minimum absolute atomic E-state index is 0.183. The quantitative estimate of drug-likeness (QED) is 0.408. The summed E-state index contributed by atoms with van der Waals surface area (Å²) in [6.07, 6.45) is 6.64. The predicted octanol–water partition coefficient (Wildman–Crippen LogP) is 1.87. The Labute approximate surface area is 112 Å². The molecule has 4 nitrogen and oxygen atoms in total. The van der Waals surface area contributed by atoms with Gasteiger partial charge in [0.2, 0.25) is 0 Å². The Balaban J connectivity index is 2.17. The molecule has 0 spiro atoms. The molecule has 0 radical (unpaired) electrons. The summed E-state index contributed by atoms with van der Waals surface area (Å²) in [6, 6.07) is 0.612. The second-order valence-corrected chi connectivity index (χ2v) is 6.16. The molecule has 1 rings (SSSR count). The summed E-state index contributed by atoms with van der Waals surface area (Å²) in [7, 11) is 1.84. The van der Waals surface area contributed by atoms with Crippen molar-refractivity contribution in [1.29, 1.82) is 0 Å². The van der Waals surface area contributed by atoms with E-state index in [9.17, 15) is 0 Å². The average molecular weight is 254 g/mol. The molecule has 1 aliphatic rings.